The lowest BCUT2D eigenvalue weighted by atomic mass is 9.70. The molecule has 3 aromatic carbocycles. The summed E-state index contributed by atoms with van der Waals surface area (Å²) in [6.45, 7) is 3.91. The standard InChI is InChI=1S/C32H31N3O2S/c1-32(2,29(25-6-4-3-5-7-25)26-12-14-28(36)15-13-26)30(37)35-31-34-27(21-38-31)20-22-8-10-23(11-9-22)24-16-18-33-19-17-24/h3-16,18-19,21,24,29,36H,17,20H2,1-2H3,(H,34,35,37)/t24?,29-/m0/s1. The second-order valence-electron chi connectivity index (χ2n) is 10.2. The van der Waals surface area contributed by atoms with Crippen LogP contribution in [-0.2, 0) is 11.2 Å². The van der Waals surface area contributed by atoms with Crippen LogP contribution in [-0.4, -0.2) is 22.2 Å². The minimum Gasteiger partial charge on any atom is -0.508 e. The Labute approximate surface area is 227 Å². The second-order valence-corrected chi connectivity index (χ2v) is 11.0. The van der Waals surface area contributed by atoms with Crippen molar-refractivity contribution in [3.8, 4) is 5.75 Å². The summed E-state index contributed by atoms with van der Waals surface area (Å²) in [7, 11) is 0. The normalized spacial score (nSPS) is 15.8. The number of amides is 1. The highest BCUT2D eigenvalue weighted by Gasteiger charge is 2.39. The van der Waals surface area contributed by atoms with Crippen LogP contribution >= 0.6 is 11.3 Å². The number of allylic oxidation sites excluding steroid dienone is 1. The summed E-state index contributed by atoms with van der Waals surface area (Å²) in [4.78, 5) is 22.5. The van der Waals surface area contributed by atoms with Gasteiger partial charge in [-0.05, 0) is 40.8 Å². The molecule has 192 valence electrons. The average molecular weight is 522 g/mol. The molecule has 0 saturated carbocycles. The molecule has 1 aliphatic rings. The number of carbonyl (C=O) groups is 1. The van der Waals surface area contributed by atoms with E-state index in [2.05, 4.69) is 40.7 Å². The van der Waals surface area contributed by atoms with Crippen LogP contribution in [0.3, 0.4) is 0 Å². The van der Waals surface area contributed by atoms with Crippen LogP contribution in [0.5, 0.6) is 5.75 Å². The lowest BCUT2D eigenvalue weighted by Gasteiger charge is -2.33. The van der Waals surface area contributed by atoms with Gasteiger partial charge < -0.3 is 10.4 Å². The Balaban J connectivity index is 1.29. The summed E-state index contributed by atoms with van der Waals surface area (Å²) in [5.41, 5.74) is 4.62. The van der Waals surface area contributed by atoms with Crippen molar-refractivity contribution in [3.63, 3.8) is 0 Å². The summed E-state index contributed by atoms with van der Waals surface area (Å²) in [6, 6.07) is 25.8. The minimum atomic E-state index is -0.780. The number of phenolic OH excluding ortho intramolecular Hbond substituents is 1. The average Bonchev–Trinajstić information content (AvgIpc) is 3.38. The van der Waals surface area contributed by atoms with Gasteiger partial charge >= 0.3 is 0 Å². The Morgan fingerprint density at radius 3 is 2.42 bits per heavy atom. The van der Waals surface area contributed by atoms with Crippen LogP contribution in [0.2, 0.25) is 0 Å². The Morgan fingerprint density at radius 2 is 1.74 bits per heavy atom. The number of nitrogens with zero attached hydrogens (tertiary/aromatic N) is 2. The number of phenols is 1. The molecule has 1 amide bonds. The van der Waals surface area contributed by atoms with E-state index >= 15 is 0 Å². The van der Waals surface area contributed by atoms with Crippen LogP contribution < -0.4 is 5.32 Å². The third kappa shape index (κ3) is 5.76. The monoisotopic (exact) mass is 521 g/mol. The van der Waals surface area contributed by atoms with Crippen molar-refractivity contribution in [2.75, 3.05) is 5.32 Å². The SMILES string of the molecule is CC(C)(C(=O)Nc1nc(Cc2ccc(C3C=CN=CC3)cc2)cs1)[C@@H](c1ccccc1)c1ccc(O)cc1. The molecule has 0 saturated heterocycles. The Morgan fingerprint density at radius 1 is 1.03 bits per heavy atom. The first-order valence-electron chi connectivity index (χ1n) is 12.8. The fourth-order valence-corrected chi connectivity index (χ4v) is 5.68. The lowest BCUT2D eigenvalue weighted by molar-refractivity contribution is -0.124. The smallest absolute Gasteiger partial charge is 0.232 e. The first-order chi connectivity index (χ1) is 18.4. The summed E-state index contributed by atoms with van der Waals surface area (Å²) in [6.07, 6.45) is 7.59. The highest BCUT2D eigenvalue weighted by atomic mass is 32.1. The molecule has 5 nitrogen and oxygen atoms in total. The highest BCUT2D eigenvalue weighted by Crippen LogP contribution is 2.42. The van der Waals surface area contributed by atoms with Gasteiger partial charge in [0, 0.05) is 36.1 Å². The van der Waals surface area contributed by atoms with Crippen molar-refractivity contribution < 1.29 is 9.90 Å². The molecule has 1 aliphatic heterocycles. The molecule has 2 atom stereocenters. The third-order valence-corrected chi connectivity index (χ3v) is 7.91. The number of rotatable bonds is 8. The molecule has 2 heterocycles. The quantitative estimate of drug-likeness (QED) is 0.255. The fourth-order valence-electron chi connectivity index (χ4n) is 4.98. The van der Waals surface area contributed by atoms with Gasteiger partial charge in [-0.25, -0.2) is 4.98 Å². The Kier molecular flexibility index (Phi) is 7.52. The molecule has 0 radical (unpaired) electrons. The fraction of sp³-hybridized carbons (Fsp3) is 0.219. The van der Waals surface area contributed by atoms with Crippen molar-refractivity contribution in [3.05, 3.63) is 124 Å². The maximum Gasteiger partial charge on any atom is 0.232 e. The molecule has 2 N–H and O–H groups in total. The number of anilines is 1. The van der Waals surface area contributed by atoms with Gasteiger partial charge in [0.2, 0.25) is 5.91 Å². The number of aromatic nitrogens is 1. The van der Waals surface area contributed by atoms with Crippen LogP contribution in [0.15, 0.2) is 102 Å². The number of hydrogen-bond acceptors (Lipinski definition) is 5. The topological polar surface area (TPSA) is 74.6 Å². The van der Waals surface area contributed by atoms with Gasteiger partial charge in [-0.2, -0.15) is 0 Å². The molecule has 38 heavy (non-hydrogen) atoms. The van der Waals surface area contributed by atoms with E-state index in [0.717, 1.165) is 23.2 Å². The molecular formula is C32H31N3O2S. The van der Waals surface area contributed by atoms with Gasteiger partial charge in [-0.1, -0.05) is 86.7 Å². The van der Waals surface area contributed by atoms with Crippen LogP contribution in [0.25, 0.3) is 0 Å². The van der Waals surface area contributed by atoms with Crippen LogP contribution in [0.4, 0.5) is 5.13 Å². The maximum atomic E-state index is 13.6. The lowest BCUT2D eigenvalue weighted by Crippen LogP contribution is -2.37. The van der Waals surface area contributed by atoms with E-state index < -0.39 is 5.41 Å². The second kappa shape index (κ2) is 11.2. The van der Waals surface area contributed by atoms with Crippen LogP contribution in [0.1, 0.15) is 60.1 Å². The van der Waals surface area contributed by atoms with Crippen molar-refractivity contribution >= 4 is 28.6 Å². The molecule has 5 rings (SSSR count). The van der Waals surface area contributed by atoms with E-state index in [1.807, 2.05) is 74.1 Å². The molecule has 0 bridgehead atoms. The number of nitrogens with one attached hydrogen (secondary N) is 1. The largest absolute Gasteiger partial charge is 0.508 e. The van der Waals surface area contributed by atoms with Crippen LogP contribution in [0, 0.1) is 5.41 Å². The number of aromatic hydroxyl groups is 1. The van der Waals surface area contributed by atoms with E-state index in [4.69, 9.17) is 4.98 Å². The van der Waals surface area contributed by atoms with Crippen molar-refractivity contribution in [2.45, 2.75) is 38.5 Å². The van der Waals surface area contributed by atoms with Gasteiger partial charge in [0.25, 0.3) is 0 Å². The number of aliphatic imine (C=N–C) groups is 1. The summed E-state index contributed by atoms with van der Waals surface area (Å²) >= 11 is 1.44. The molecule has 0 aliphatic carbocycles. The molecular weight excluding hydrogens is 490 g/mol. The molecule has 0 spiro atoms. The predicted octanol–water partition coefficient (Wildman–Crippen LogP) is 7.31. The molecule has 6 heteroatoms. The number of benzene rings is 3. The molecule has 1 unspecified atom stereocenters. The van der Waals surface area contributed by atoms with Gasteiger partial charge in [0.05, 0.1) is 11.1 Å². The van der Waals surface area contributed by atoms with E-state index in [9.17, 15) is 9.90 Å². The first kappa shape index (κ1) is 25.6. The predicted molar refractivity (Wildman–Crippen MR) is 155 cm³/mol. The summed E-state index contributed by atoms with van der Waals surface area (Å²) in [5.74, 6) is 0.279. The molecule has 1 aromatic heterocycles. The zero-order valence-electron chi connectivity index (χ0n) is 21.5. The van der Waals surface area contributed by atoms with Gasteiger partial charge in [-0.15, -0.1) is 11.3 Å². The highest BCUT2D eigenvalue weighted by molar-refractivity contribution is 7.13. The van der Waals surface area contributed by atoms with E-state index in [0.29, 0.717) is 17.5 Å². The Bertz CT molecular complexity index is 1440. The van der Waals surface area contributed by atoms with Gasteiger partial charge in [0.1, 0.15) is 5.75 Å². The van der Waals surface area contributed by atoms with Crippen molar-refractivity contribution in [1.82, 2.24) is 4.98 Å². The number of thiazole rings is 1. The van der Waals surface area contributed by atoms with Crippen molar-refractivity contribution in [2.24, 2.45) is 10.4 Å². The summed E-state index contributed by atoms with van der Waals surface area (Å²) in [5, 5.41) is 15.5. The van der Waals surface area contributed by atoms with Crippen molar-refractivity contribution in [1.29, 1.82) is 0 Å². The van der Waals surface area contributed by atoms with Gasteiger partial charge in [-0.3, -0.25) is 9.79 Å². The zero-order chi connectivity index (χ0) is 26.5. The van der Waals surface area contributed by atoms with E-state index in [1.165, 1.54) is 22.5 Å². The maximum absolute atomic E-state index is 13.6. The van der Waals surface area contributed by atoms with Gasteiger partial charge in [0.15, 0.2) is 5.13 Å². The summed E-state index contributed by atoms with van der Waals surface area (Å²) < 4.78 is 0. The minimum absolute atomic E-state index is 0.103. The number of hydrogen-bond donors (Lipinski definition) is 2. The molecule has 4 aromatic rings. The van der Waals surface area contributed by atoms with E-state index in [1.54, 1.807) is 12.1 Å². The van der Waals surface area contributed by atoms with E-state index in [-0.39, 0.29) is 17.6 Å². The molecule has 0 fully saturated rings. The first-order valence-corrected chi connectivity index (χ1v) is 13.6. The number of carbonyl (C=O) groups excluding carboxylic acids is 1. The Hall–Kier alpha value is -4.03. The zero-order valence-corrected chi connectivity index (χ0v) is 22.4. The third-order valence-electron chi connectivity index (χ3n) is 7.10.